The van der Waals surface area contributed by atoms with Gasteiger partial charge in [0.25, 0.3) is 0 Å². The van der Waals surface area contributed by atoms with Crippen LogP contribution in [0.3, 0.4) is 0 Å². The standard InChI is InChI=1S/C24H29.2C4H9.Zr/c1-17-18(2)24(4,20-13-8-9-14-20)22-16-10-15-21(22)23(17,3)19-11-6-5-7-12-19;2*1-3-4-2;/h5-9,11-13,15,21-22H,10,14,16H2,1-4H3;2*1,3-4H2,2H3;. The number of allylic oxidation sites excluding steroid dienone is 6. The van der Waals surface area contributed by atoms with Crippen LogP contribution in [-0.2, 0) is 27.2 Å². The van der Waals surface area contributed by atoms with E-state index in [1.54, 1.807) is 30.5 Å². The second-order valence-corrected chi connectivity index (χ2v) is 19.0. The Labute approximate surface area is 212 Å². The van der Waals surface area contributed by atoms with Crippen molar-refractivity contribution in [1.29, 1.82) is 0 Å². The predicted octanol–water partition coefficient (Wildman–Crippen LogP) is 10.1. The topological polar surface area (TPSA) is 0 Å². The summed E-state index contributed by atoms with van der Waals surface area (Å²) < 4.78 is 4.29. The van der Waals surface area contributed by atoms with Crippen LogP contribution in [0.1, 0.15) is 92.1 Å². The van der Waals surface area contributed by atoms with Gasteiger partial charge in [0.05, 0.1) is 0 Å². The van der Waals surface area contributed by atoms with E-state index < -0.39 is 21.8 Å². The first kappa shape index (κ1) is 25.4. The van der Waals surface area contributed by atoms with Gasteiger partial charge in [-0.3, -0.25) is 0 Å². The van der Waals surface area contributed by atoms with Crippen molar-refractivity contribution < 1.29 is 21.8 Å². The molecule has 0 amide bonds. The van der Waals surface area contributed by atoms with Crippen LogP contribution >= 0.6 is 0 Å². The van der Waals surface area contributed by atoms with Gasteiger partial charge in [0.15, 0.2) is 0 Å². The fourth-order valence-corrected chi connectivity index (χ4v) is 18.5. The zero-order chi connectivity index (χ0) is 23.6. The first-order valence-corrected chi connectivity index (χ1v) is 18.7. The molecule has 0 bridgehead atoms. The summed E-state index contributed by atoms with van der Waals surface area (Å²) in [4.78, 5) is 0. The van der Waals surface area contributed by atoms with E-state index in [0.717, 1.165) is 21.9 Å². The van der Waals surface area contributed by atoms with Crippen molar-refractivity contribution in [3.8, 4) is 0 Å². The molecule has 1 heteroatoms. The number of hydrogen-bond donors (Lipinski definition) is 0. The molecule has 5 unspecified atom stereocenters. The van der Waals surface area contributed by atoms with E-state index in [2.05, 4.69) is 90.1 Å². The second-order valence-electron chi connectivity index (χ2n) is 11.5. The van der Waals surface area contributed by atoms with Crippen molar-refractivity contribution in [1.82, 2.24) is 0 Å². The molecule has 1 saturated carbocycles. The number of fused-ring (bicyclic) bond motifs is 1. The summed E-state index contributed by atoms with van der Waals surface area (Å²) in [6.07, 6.45) is 17.0. The van der Waals surface area contributed by atoms with Gasteiger partial charge in [0.1, 0.15) is 0 Å². The van der Waals surface area contributed by atoms with Crippen LogP contribution in [0.25, 0.3) is 0 Å². The molecular formula is C32H47Zr. The van der Waals surface area contributed by atoms with Crippen LogP contribution in [0.4, 0.5) is 0 Å². The minimum absolute atomic E-state index is 0.188. The zero-order valence-electron chi connectivity index (χ0n) is 22.2. The summed E-state index contributed by atoms with van der Waals surface area (Å²) in [5.41, 5.74) is 7.07. The van der Waals surface area contributed by atoms with E-state index >= 15 is 0 Å². The van der Waals surface area contributed by atoms with Crippen LogP contribution in [-0.4, -0.2) is 0 Å². The molecule has 1 aromatic carbocycles. The molecule has 0 radical (unpaired) electrons. The average molecular weight is 523 g/mol. The fourth-order valence-electron chi connectivity index (χ4n) is 8.02. The number of hydrogen-bond acceptors (Lipinski definition) is 0. The third kappa shape index (κ3) is 4.28. The van der Waals surface area contributed by atoms with Gasteiger partial charge in [0, 0.05) is 0 Å². The molecule has 0 aromatic heterocycles. The first-order valence-electron chi connectivity index (χ1n) is 13.8. The van der Waals surface area contributed by atoms with Crippen molar-refractivity contribution in [2.24, 2.45) is 17.3 Å². The van der Waals surface area contributed by atoms with Crippen LogP contribution < -0.4 is 0 Å². The van der Waals surface area contributed by atoms with Crippen LogP contribution in [0.5, 0.6) is 0 Å². The maximum absolute atomic E-state index is 2.65. The van der Waals surface area contributed by atoms with E-state index in [9.17, 15) is 0 Å². The van der Waals surface area contributed by atoms with Crippen molar-refractivity contribution in [3.63, 3.8) is 0 Å². The molecule has 4 rings (SSSR count). The molecule has 1 fully saturated rings. The Kier molecular flexibility index (Phi) is 8.10. The van der Waals surface area contributed by atoms with Gasteiger partial charge >= 0.3 is 214 Å². The average Bonchev–Trinajstić information content (AvgIpc) is 3.54. The Morgan fingerprint density at radius 2 is 1.52 bits per heavy atom. The van der Waals surface area contributed by atoms with Gasteiger partial charge in [0.2, 0.25) is 0 Å². The van der Waals surface area contributed by atoms with E-state index in [4.69, 9.17) is 0 Å². The molecule has 1 aromatic rings. The normalized spacial score (nSPS) is 33.4. The van der Waals surface area contributed by atoms with Crippen molar-refractivity contribution in [2.45, 2.75) is 104 Å². The molecule has 0 aliphatic heterocycles. The SMILES string of the molecule is CCC[CH2][Zr]([CH2]CCC)[CH]1CCC2C1C(C)(c1ccccc1)C(C)=C(C)C2(C)C1=CC=CC1. The Morgan fingerprint density at radius 3 is 2.09 bits per heavy atom. The molecule has 3 aliphatic carbocycles. The molecule has 0 nitrogen and oxygen atoms in total. The molecule has 179 valence electrons. The summed E-state index contributed by atoms with van der Waals surface area (Å²) in [6.45, 7) is 15.1. The van der Waals surface area contributed by atoms with Gasteiger partial charge in [-0.25, -0.2) is 0 Å². The predicted molar refractivity (Wildman–Crippen MR) is 142 cm³/mol. The molecule has 0 N–H and O–H groups in total. The third-order valence-corrected chi connectivity index (χ3v) is 19.3. The summed E-state index contributed by atoms with van der Waals surface area (Å²) in [6, 6.07) is 11.7. The van der Waals surface area contributed by atoms with E-state index in [0.29, 0.717) is 0 Å². The van der Waals surface area contributed by atoms with Crippen molar-refractivity contribution >= 4 is 0 Å². The molecule has 33 heavy (non-hydrogen) atoms. The molecule has 5 atom stereocenters. The molecule has 0 heterocycles. The van der Waals surface area contributed by atoms with E-state index in [-0.39, 0.29) is 10.8 Å². The third-order valence-electron chi connectivity index (χ3n) is 10.2. The van der Waals surface area contributed by atoms with E-state index in [1.807, 2.05) is 0 Å². The zero-order valence-corrected chi connectivity index (χ0v) is 24.7. The number of unbranched alkanes of at least 4 members (excludes halogenated alkanes) is 2. The molecular weight excluding hydrogens is 476 g/mol. The quantitative estimate of drug-likeness (QED) is 0.283. The monoisotopic (exact) mass is 521 g/mol. The second kappa shape index (κ2) is 10.5. The maximum atomic E-state index is 2.65. The Morgan fingerprint density at radius 1 is 0.879 bits per heavy atom. The molecule has 0 saturated heterocycles. The number of benzene rings is 1. The van der Waals surface area contributed by atoms with Crippen molar-refractivity contribution in [3.05, 3.63) is 70.8 Å². The van der Waals surface area contributed by atoms with Crippen LogP contribution in [0.2, 0.25) is 11.9 Å². The van der Waals surface area contributed by atoms with Gasteiger partial charge in [-0.1, -0.05) is 0 Å². The summed E-state index contributed by atoms with van der Waals surface area (Å²) in [7, 11) is 0. The molecule has 3 aliphatic rings. The fraction of sp³-hybridized carbons (Fsp3) is 0.625. The summed E-state index contributed by atoms with van der Waals surface area (Å²) in [5.74, 6) is 1.61. The summed E-state index contributed by atoms with van der Waals surface area (Å²) in [5, 5.41) is 0. The van der Waals surface area contributed by atoms with Crippen molar-refractivity contribution in [2.75, 3.05) is 0 Å². The van der Waals surface area contributed by atoms with Gasteiger partial charge in [-0.15, -0.1) is 0 Å². The minimum atomic E-state index is -1.53. The van der Waals surface area contributed by atoms with Gasteiger partial charge < -0.3 is 0 Å². The summed E-state index contributed by atoms with van der Waals surface area (Å²) >= 11 is -1.53. The van der Waals surface area contributed by atoms with Crippen LogP contribution in [0, 0.1) is 17.3 Å². The van der Waals surface area contributed by atoms with Gasteiger partial charge in [-0.2, -0.15) is 0 Å². The van der Waals surface area contributed by atoms with Crippen LogP contribution in [0.15, 0.2) is 65.3 Å². The van der Waals surface area contributed by atoms with Gasteiger partial charge in [-0.05, 0) is 0 Å². The Hall–Kier alpha value is -0.677. The molecule has 0 spiro atoms. The Bertz CT molecular complexity index is 898. The first-order chi connectivity index (χ1) is 15.9. The number of rotatable bonds is 9. The van der Waals surface area contributed by atoms with E-state index in [1.165, 1.54) is 38.5 Å². The Balaban J connectivity index is 1.86.